The smallest absolute Gasteiger partial charge is 0.163 e. The van der Waals surface area contributed by atoms with Gasteiger partial charge in [0.25, 0.3) is 0 Å². The molecule has 0 spiro atoms. The fourth-order valence-corrected chi connectivity index (χ4v) is 2.01. The van der Waals surface area contributed by atoms with E-state index in [9.17, 15) is 4.79 Å². The summed E-state index contributed by atoms with van der Waals surface area (Å²) in [6.45, 7) is 2.14. The van der Waals surface area contributed by atoms with Gasteiger partial charge in [0.2, 0.25) is 0 Å². The maximum absolute atomic E-state index is 11.5. The van der Waals surface area contributed by atoms with Crippen LogP contribution in [0.2, 0.25) is 5.02 Å². The number of Topliss-reactive ketones (excluding diaryl/α,β-unsaturated/α-hetero) is 1. The van der Waals surface area contributed by atoms with Gasteiger partial charge in [-0.05, 0) is 36.1 Å². The van der Waals surface area contributed by atoms with Crippen LogP contribution in [-0.4, -0.2) is 5.78 Å². The van der Waals surface area contributed by atoms with Gasteiger partial charge in [-0.2, -0.15) is 0 Å². The molecule has 1 aliphatic carbocycles. The Balaban J connectivity index is 2.57. The average Bonchev–Trinajstić information content (AvgIpc) is 2.12. The normalized spacial score (nSPS) is 21.4. The summed E-state index contributed by atoms with van der Waals surface area (Å²) in [6.07, 6.45) is 1.63. The lowest BCUT2D eigenvalue weighted by atomic mass is 9.83. The summed E-state index contributed by atoms with van der Waals surface area (Å²) < 4.78 is 0. The first-order valence-electron chi connectivity index (χ1n) is 4.51. The summed E-state index contributed by atoms with van der Waals surface area (Å²) in [5.41, 5.74) is 1.98. The Morgan fingerprint density at radius 1 is 1.46 bits per heavy atom. The molecule has 2 heteroatoms. The van der Waals surface area contributed by atoms with Crippen molar-refractivity contribution in [1.82, 2.24) is 0 Å². The molecule has 0 fully saturated rings. The van der Waals surface area contributed by atoms with Crippen LogP contribution in [-0.2, 0) is 0 Å². The molecule has 1 nitrogen and oxygen atoms in total. The Hall–Kier alpha value is -0.820. The van der Waals surface area contributed by atoms with Crippen molar-refractivity contribution in [3.8, 4) is 0 Å². The average molecular weight is 195 g/mol. The highest BCUT2D eigenvalue weighted by Gasteiger charge is 2.22. The lowest BCUT2D eigenvalue weighted by Crippen LogP contribution is -2.13. The lowest BCUT2D eigenvalue weighted by Gasteiger charge is -2.21. The van der Waals surface area contributed by atoms with Crippen LogP contribution in [0.4, 0.5) is 0 Å². The van der Waals surface area contributed by atoms with Crippen molar-refractivity contribution in [2.45, 2.75) is 25.7 Å². The summed E-state index contributed by atoms with van der Waals surface area (Å²) in [5, 5.41) is 0.723. The number of rotatable bonds is 0. The van der Waals surface area contributed by atoms with Gasteiger partial charge in [-0.25, -0.2) is 0 Å². The van der Waals surface area contributed by atoms with Gasteiger partial charge in [-0.1, -0.05) is 18.5 Å². The lowest BCUT2D eigenvalue weighted by molar-refractivity contribution is 0.0968. The van der Waals surface area contributed by atoms with Gasteiger partial charge in [0, 0.05) is 17.0 Å². The molecule has 1 aromatic rings. The molecule has 13 heavy (non-hydrogen) atoms. The number of ketones is 1. The predicted molar refractivity (Wildman–Crippen MR) is 53.4 cm³/mol. The monoisotopic (exact) mass is 194 g/mol. The summed E-state index contributed by atoms with van der Waals surface area (Å²) in [7, 11) is 0. The minimum Gasteiger partial charge on any atom is -0.294 e. The first-order valence-corrected chi connectivity index (χ1v) is 4.89. The van der Waals surface area contributed by atoms with E-state index in [4.69, 9.17) is 11.6 Å². The van der Waals surface area contributed by atoms with Gasteiger partial charge >= 0.3 is 0 Å². The molecule has 1 aromatic carbocycles. The van der Waals surface area contributed by atoms with E-state index in [0.717, 1.165) is 22.6 Å². The second-order valence-corrected chi connectivity index (χ2v) is 4.03. The number of hydrogen-bond donors (Lipinski definition) is 0. The molecule has 0 amide bonds. The second kappa shape index (κ2) is 3.15. The quantitative estimate of drug-likeness (QED) is 0.619. The minimum atomic E-state index is 0.254. The maximum atomic E-state index is 11.5. The fraction of sp³-hybridized carbons (Fsp3) is 0.364. The van der Waals surface area contributed by atoms with E-state index in [0.29, 0.717) is 12.3 Å². The number of carbonyl (C=O) groups is 1. The van der Waals surface area contributed by atoms with E-state index in [2.05, 4.69) is 6.92 Å². The van der Waals surface area contributed by atoms with Crippen LogP contribution in [0.1, 0.15) is 41.6 Å². The number of fused-ring (bicyclic) bond motifs is 1. The second-order valence-electron chi connectivity index (χ2n) is 3.59. The molecule has 0 aromatic heterocycles. The summed E-state index contributed by atoms with van der Waals surface area (Å²) in [6, 6.07) is 5.55. The van der Waals surface area contributed by atoms with E-state index in [1.165, 1.54) is 0 Å². The molecule has 0 radical (unpaired) electrons. The Morgan fingerprint density at radius 3 is 3.00 bits per heavy atom. The molecule has 0 saturated heterocycles. The zero-order valence-electron chi connectivity index (χ0n) is 7.51. The van der Waals surface area contributed by atoms with Gasteiger partial charge in [-0.15, -0.1) is 0 Å². The Labute approximate surface area is 82.7 Å². The Kier molecular flexibility index (Phi) is 2.12. The van der Waals surface area contributed by atoms with Crippen molar-refractivity contribution in [3.05, 3.63) is 34.3 Å². The van der Waals surface area contributed by atoms with Gasteiger partial charge in [0.1, 0.15) is 0 Å². The van der Waals surface area contributed by atoms with Gasteiger partial charge in [0.05, 0.1) is 0 Å². The molecule has 1 aliphatic rings. The van der Waals surface area contributed by atoms with Crippen LogP contribution in [0.5, 0.6) is 0 Å². The summed E-state index contributed by atoms with van der Waals surface area (Å²) >= 11 is 5.88. The zero-order valence-corrected chi connectivity index (χ0v) is 8.27. The molecule has 1 unspecified atom stereocenters. The first kappa shape index (κ1) is 8.76. The molecule has 0 aliphatic heterocycles. The number of carbonyl (C=O) groups excluding carboxylic acids is 1. The van der Waals surface area contributed by atoms with E-state index in [1.54, 1.807) is 6.07 Å². The van der Waals surface area contributed by atoms with Crippen molar-refractivity contribution < 1.29 is 4.79 Å². The molecule has 1 atom stereocenters. The molecule has 0 saturated carbocycles. The van der Waals surface area contributed by atoms with Gasteiger partial charge < -0.3 is 0 Å². The van der Waals surface area contributed by atoms with E-state index in [-0.39, 0.29) is 5.78 Å². The largest absolute Gasteiger partial charge is 0.294 e. The highest BCUT2D eigenvalue weighted by Crippen LogP contribution is 2.32. The Morgan fingerprint density at radius 2 is 2.23 bits per heavy atom. The molecule has 68 valence electrons. The van der Waals surface area contributed by atoms with Crippen LogP contribution in [0, 0.1) is 0 Å². The third-order valence-electron chi connectivity index (χ3n) is 2.65. The van der Waals surface area contributed by atoms with Crippen LogP contribution < -0.4 is 0 Å². The predicted octanol–water partition coefficient (Wildman–Crippen LogP) is 3.42. The van der Waals surface area contributed by atoms with Crippen molar-refractivity contribution in [2.75, 3.05) is 0 Å². The maximum Gasteiger partial charge on any atom is 0.163 e. The molecular formula is C11H11ClO. The standard InChI is InChI=1S/C11H11ClO/c1-7-2-5-11(13)9-4-3-8(12)6-10(7)9/h3-4,6-7H,2,5H2,1H3. The molecule has 0 heterocycles. The molecular weight excluding hydrogens is 184 g/mol. The number of halogens is 1. The van der Waals surface area contributed by atoms with Crippen LogP contribution in [0.3, 0.4) is 0 Å². The first-order chi connectivity index (χ1) is 6.18. The Bertz CT molecular complexity index is 357. The van der Waals surface area contributed by atoms with Crippen molar-refractivity contribution in [1.29, 1.82) is 0 Å². The van der Waals surface area contributed by atoms with Gasteiger partial charge in [-0.3, -0.25) is 4.79 Å². The topological polar surface area (TPSA) is 17.1 Å². The molecule has 0 bridgehead atoms. The van der Waals surface area contributed by atoms with Crippen molar-refractivity contribution in [2.24, 2.45) is 0 Å². The SMILES string of the molecule is CC1CCC(=O)c2ccc(Cl)cc21. The zero-order chi connectivity index (χ0) is 9.42. The van der Waals surface area contributed by atoms with Crippen LogP contribution in [0.15, 0.2) is 18.2 Å². The fourth-order valence-electron chi connectivity index (χ4n) is 1.83. The summed E-state index contributed by atoms with van der Waals surface area (Å²) in [5.74, 6) is 0.719. The number of hydrogen-bond acceptors (Lipinski definition) is 1. The highest BCUT2D eigenvalue weighted by atomic mass is 35.5. The van der Waals surface area contributed by atoms with Crippen molar-refractivity contribution in [3.63, 3.8) is 0 Å². The van der Waals surface area contributed by atoms with E-state index in [1.807, 2.05) is 12.1 Å². The molecule has 2 rings (SSSR count). The van der Waals surface area contributed by atoms with E-state index < -0.39 is 0 Å². The third-order valence-corrected chi connectivity index (χ3v) is 2.88. The summed E-state index contributed by atoms with van der Waals surface area (Å²) in [4.78, 5) is 11.5. The van der Waals surface area contributed by atoms with E-state index >= 15 is 0 Å². The van der Waals surface area contributed by atoms with Crippen LogP contribution in [0.25, 0.3) is 0 Å². The highest BCUT2D eigenvalue weighted by molar-refractivity contribution is 6.30. The number of benzene rings is 1. The third kappa shape index (κ3) is 1.49. The van der Waals surface area contributed by atoms with Crippen LogP contribution >= 0.6 is 11.6 Å². The van der Waals surface area contributed by atoms with Crippen molar-refractivity contribution >= 4 is 17.4 Å². The van der Waals surface area contributed by atoms with Gasteiger partial charge in [0.15, 0.2) is 5.78 Å². The minimum absolute atomic E-state index is 0.254. The molecule has 0 N–H and O–H groups in total.